The molecule has 0 aliphatic rings. The highest BCUT2D eigenvalue weighted by Gasteiger charge is 2.30. The Bertz CT molecular complexity index is 1540. The van der Waals surface area contributed by atoms with Crippen LogP contribution in [-0.2, 0) is 6.18 Å². The molecule has 5 aromatic rings. The summed E-state index contributed by atoms with van der Waals surface area (Å²) in [6.07, 6.45) is 0.409. The zero-order chi connectivity index (χ0) is 26.7. The summed E-state index contributed by atoms with van der Waals surface area (Å²) in [6.45, 7) is 1.14. The number of alkyl halides is 3. The molecule has 2 aromatic carbocycles. The van der Waals surface area contributed by atoms with Gasteiger partial charge < -0.3 is 19.9 Å². The summed E-state index contributed by atoms with van der Waals surface area (Å²) < 4.78 is 45.5. The Hall–Kier alpha value is -4.58. The van der Waals surface area contributed by atoms with Gasteiger partial charge in [-0.05, 0) is 56.6 Å². The fraction of sp³-hybridized carbons (Fsp3) is 0.192. The Morgan fingerprint density at radius 1 is 1.00 bits per heavy atom. The molecule has 5 rings (SSSR count). The molecule has 0 bridgehead atoms. The molecule has 0 aliphatic carbocycles. The first kappa shape index (κ1) is 25.1. The van der Waals surface area contributed by atoms with Gasteiger partial charge in [-0.15, -0.1) is 0 Å². The van der Waals surface area contributed by atoms with Crippen LogP contribution in [-0.4, -0.2) is 62.3 Å². The van der Waals surface area contributed by atoms with E-state index < -0.39 is 11.7 Å². The number of nitrogens with one attached hydrogen (secondary N) is 2. The molecule has 3 aromatic heterocycles. The number of ether oxygens (including phenoxy) is 1. The van der Waals surface area contributed by atoms with Gasteiger partial charge in [-0.25, -0.2) is 15.0 Å². The molecule has 0 aliphatic heterocycles. The molecular weight excluding hydrogens is 497 g/mol. The number of nitrogens with zero attached hydrogens (tertiary/aromatic N) is 6. The van der Waals surface area contributed by atoms with Crippen LogP contribution in [0.5, 0.6) is 5.75 Å². The third-order valence-electron chi connectivity index (χ3n) is 5.57. The summed E-state index contributed by atoms with van der Waals surface area (Å²) in [7, 11) is 3.89. The predicted molar refractivity (Wildman–Crippen MR) is 137 cm³/mol. The quantitative estimate of drug-likeness (QED) is 0.288. The average molecular weight is 521 g/mol. The highest BCUT2D eigenvalue weighted by Crippen LogP contribution is 2.33. The molecule has 3 heterocycles. The zero-order valence-corrected chi connectivity index (χ0v) is 20.5. The van der Waals surface area contributed by atoms with Crippen LogP contribution in [0.1, 0.15) is 5.56 Å². The summed E-state index contributed by atoms with van der Waals surface area (Å²) in [4.78, 5) is 18.2. The van der Waals surface area contributed by atoms with Crippen molar-refractivity contribution in [2.75, 3.05) is 32.6 Å². The molecule has 0 saturated heterocycles. The van der Waals surface area contributed by atoms with Crippen molar-refractivity contribution in [3.63, 3.8) is 0 Å². The number of aromatic nitrogens is 6. The Balaban J connectivity index is 1.45. The summed E-state index contributed by atoms with van der Waals surface area (Å²) in [5.41, 5.74) is 2.56. The SMILES string of the molecule is CN(C)CCOc1cc(Nc2ncc(-c3cccnn3)cn2)cc(-c2nc3ccc(C(F)(F)F)cc3[nH]2)c1. The van der Waals surface area contributed by atoms with Crippen LogP contribution in [0.25, 0.3) is 33.7 Å². The molecule has 0 spiro atoms. The number of rotatable bonds is 8. The molecule has 38 heavy (non-hydrogen) atoms. The van der Waals surface area contributed by atoms with Crippen molar-refractivity contribution in [3.8, 4) is 28.4 Å². The lowest BCUT2D eigenvalue weighted by Gasteiger charge is -2.13. The fourth-order valence-corrected chi connectivity index (χ4v) is 3.67. The predicted octanol–water partition coefficient (Wildman–Crippen LogP) is 5.18. The second-order valence-corrected chi connectivity index (χ2v) is 8.74. The number of hydrogen-bond acceptors (Lipinski definition) is 8. The third kappa shape index (κ3) is 5.86. The Kier molecular flexibility index (Phi) is 6.88. The molecule has 12 heteroatoms. The minimum absolute atomic E-state index is 0.284. The van der Waals surface area contributed by atoms with Crippen LogP contribution in [0.2, 0.25) is 0 Å². The largest absolute Gasteiger partial charge is 0.492 e. The van der Waals surface area contributed by atoms with Gasteiger partial charge in [0.15, 0.2) is 0 Å². The molecule has 0 fully saturated rings. The molecule has 0 radical (unpaired) electrons. The van der Waals surface area contributed by atoms with Crippen molar-refractivity contribution in [2.45, 2.75) is 6.18 Å². The van der Waals surface area contributed by atoms with Crippen molar-refractivity contribution >= 4 is 22.7 Å². The van der Waals surface area contributed by atoms with Gasteiger partial charge in [0.2, 0.25) is 5.95 Å². The van der Waals surface area contributed by atoms with E-state index in [1.54, 1.807) is 42.9 Å². The van der Waals surface area contributed by atoms with Crippen molar-refractivity contribution < 1.29 is 17.9 Å². The number of imidazole rings is 1. The summed E-state index contributed by atoms with van der Waals surface area (Å²) in [5.74, 6) is 1.30. The topological polar surface area (TPSA) is 105 Å². The van der Waals surface area contributed by atoms with Gasteiger partial charge in [-0.1, -0.05) is 0 Å². The summed E-state index contributed by atoms with van der Waals surface area (Å²) in [6, 6.07) is 12.4. The molecule has 9 nitrogen and oxygen atoms in total. The first-order chi connectivity index (χ1) is 18.2. The number of H-pyrrole nitrogens is 1. The van der Waals surface area contributed by atoms with E-state index in [0.29, 0.717) is 58.7 Å². The van der Waals surface area contributed by atoms with E-state index in [4.69, 9.17) is 4.74 Å². The highest BCUT2D eigenvalue weighted by atomic mass is 19.4. The van der Waals surface area contributed by atoms with Gasteiger partial charge in [0.05, 0.1) is 22.3 Å². The number of benzene rings is 2. The molecule has 0 atom stereocenters. The third-order valence-corrected chi connectivity index (χ3v) is 5.57. The maximum absolute atomic E-state index is 13.2. The lowest BCUT2D eigenvalue weighted by Crippen LogP contribution is -2.19. The normalized spacial score (nSPS) is 11.7. The number of anilines is 2. The smallest absolute Gasteiger partial charge is 0.416 e. The second-order valence-electron chi connectivity index (χ2n) is 8.74. The first-order valence-electron chi connectivity index (χ1n) is 11.6. The lowest BCUT2D eigenvalue weighted by atomic mass is 10.1. The average Bonchev–Trinajstić information content (AvgIpc) is 3.33. The minimum atomic E-state index is -4.45. The molecular formula is C26H23F3N8O. The van der Waals surface area contributed by atoms with Crippen LogP contribution in [0, 0.1) is 0 Å². The summed E-state index contributed by atoms with van der Waals surface area (Å²) >= 11 is 0. The van der Waals surface area contributed by atoms with Crippen molar-refractivity contribution in [3.05, 3.63) is 72.7 Å². The van der Waals surface area contributed by atoms with Crippen LogP contribution >= 0.6 is 0 Å². The first-order valence-corrected chi connectivity index (χ1v) is 11.6. The van der Waals surface area contributed by atoms with Gasteiger partial charge in [-0.3, -0.25) is 0 Å². The van der Waals surface area contributed by atoms with E-state index >= 15 is 0 Å². The minimum Gasteiger partial charge on any atom is -0.492 e. The number of likely N-dealkylation sites (N-methyl/N-ethyl adjacent to an activating group) is 1. The van der Waals surface area contributed by atoms with Crippen LogP contribution < -0.4 is 10.1 Å². The molecule has 0 amide bonds. The number of halogens is 3. The fourth-order valence-electron chi connectivity index (χ4n) is 3.67. The van der Waals surface area contributed by atoms with E-state index in [0.717, 1.165) is 12.1 Å². The van der Waals surface area contributed by atoms with Crippen molar-refractivity contribution in [1.29, 1.82) is 0 Å². The molecule has 194 valence electrons. The van der Waals surface area contributed by atoms with E-state index in [1.165, 1.54) is 6.07 Å². The monoisotopic (exact) mass is 520 g/mol. The van der Waals surface area contributed by atoms with E-state index in [2.05, 4.69) is 35.5 Å². The van der Waals surface area contributed by atoms with Gasteiger partial charge in [0.1, 0.15) is 18.2 Å². The lowest BCUT2D eigenvalue weighted by molar-refractivity contribution is -0.137. The van der Waals surface area contributed by atoms with Crippen LogP contribution in [0.4, 0.5) is 24.8 Å². The zero-order valence-electron chi connectivity index (χ0n) is 20.5. The molecule has 0 saturated carbocycles. The van der Waals surface area contributed by atoms with Gasteiger partial charge in [0.25, 0.3) is 0 Å². The van der Waals surface area contributed by atoms with Gasteiger partial charge in [-0.2, -0.15) is 23.4 Å². The Labute approximate surface area is 215 Å². The highest BCUT2D eigenvalue weighted by molar-refractivity contribution is 5.81. The summed E-state index contributed by atoms with van der Waals surface area (Å²) in [5, 5.41) is 11.1. The standard InChI is InChI=1S/C26H23F3N8O/c1-37(2)8-9-38-20-11-16(24-34-22-6-5-18(26(27,28)29)12-23(22)35-24)10-19(13-20)33-25-30-14-17(15-31-25)21-4-3-7-32-36-21/h3-7,10-15H,8-9H2,1-2H3,(H,34,35)(H,30,31,33). The van der Waals surface area contributed by atoms with Crippen LogP contribution in [0.3, 0.4) is 0 Å². The Morgan fingerprint density at radius 3 is 2.53 bits per heavy atom. The van der Waals surface area contributed by atoms with Gasteiger partial charge in [0, 0.05) is 48.0 Å². The van der Waals surface area contributed by atoms with Crippen molar-refractivity contribution in [1.82, 2.24) is 35.0 Å². The van der Waals surface area contributed by atoms with Gasteiger partial charge >= 0.3 is 6.18 Å². The number of hydrogen-bond donors (Lipinski definition) is 2. The number of aromatic amines is 1. The second kappa shape index (κ2) is 10.4. The van der Waals surface area contributed by atoms with Crippen molar-refractivity contribution in [2.24, 2.45) is 0 Å². The van der Waals surface area contributed by atoms with E-state index in [9.17, 15) is 13.2 Å². The van der Waals surface area contributed by atoms with Crippen LogP contribution in [0.15, 0.2) is 67.1 Å². The number of fused-ring (bicyclic) bond motifs is 1. The maximum Gasteiger partial charge on any atom is 0.416 e. The maximum atomic E-state index is 13.2. The van der Waals surface area contributed by atoms with E-state index in [1.807, 2.05) is 25.1 Å². The Morgan fingerprint density at radius 2 is 1.82 bits per heavy atom. The molecule has 2 N–H and O–H groups in total. The molecule has 0 unspecified atom stereocenters. The van der Waals surface area contributed by atoms with E-state index in [-0.39, 0.29) is 5.52 Å².